The number of nitrogens with one attached hydrogen (secondary N) is 1. The SMILES string of the molecule is CCOC(=O)C1CCCN(C(=O)NC(C)(CC)C(=O)O)C1. The van der Waals surface area contributed by atoms with Crippen LogP contribution in [0.15, 0.2) is 0 Å². The van der Waals surface area contributed by atoms with Gasteiger partial charge in [-0.2, -0.15) is 0 Å². The van der Waals surface area contributed by atoms with Gasteiger partial charge in [0.25, 0.3) is 0 Å². The van der Waals surface area contributed by atoms with E-state index in [1.807, 2.05) is 0 Å². The number of piperidine rings is 1. The quantitative estimate of drug-likeness (QED) is 0.744. The van der Waals surface area contributed by atoms with Crippen LogP contribution in [0.5, 0.6) is 0 Å². The molecule has 1 aliphatic rings. The van der Waals surface area contributed by atoms with Gasteiger partial charge in [-0.25, -0.2) is 9.59 Å². The van der Waals surface area contributed by atoms with Crippen LogP contribution in [-0.2, 0) is 14.3 Å². The summed E-state index contributed by atoms with van der Waals surface area (Å²) in [5.74, 6) is -1.70. The minimum atomic E-state index is -1.30. The molecular formula is C14H24N2O5. The lowest BCUT2D eigenvalue weighted by Gasteiger charge is -2.34. The van der Waals surface area contributed by atoms with Gasteiger partial charge in [0, 0.05) is 13.1 Å². The van der Waals surface area contributed by atoms with Crippen LogP contribution in [0.2, 0.25) is 0 Å². The Labute approximate surface area is 124 Å². The van der Waals surface area contributed by atoms with Crippen LogP contribution in [0, 0.1) is 5.92 Å². The molecule has 1 rings (SSSR count). The zero-order chi connectivity index (χ0) is 16.0. The average Bonchev–Trinajstić information content (AvgIpc) is 2.47. The number of esters is 1. The van der Waals surface area contributed by atoms with E-state index < -0.39 is 17.5 Å². The summed E-state index contributed by atoms with van der Waals surface area (Å²) in [5.41, 5.74) is -1.30. The Morgan fingerprint density at radius 2 is 2.05 bits per heavy atom. The molecule has 2 N–H and O–H groups in total. The molecule has 120 valence electrons. The number of amides is 2. The number of aliphatic carboxylic acids is 1. The van der Waals surface area contributed by atoms with E-state index in [1.165, 1.54) is 11.8 Å². The second-order valence-corrected chi connectivity index (χ2v) is 5.46. The summed E-state index contributed by atoms with van der Waals surface area (Å²) in [6, 6.07) is -0.448. The molecule has 1 fully saturated rings. The molecule has 2 atom stereocenters. The standard InChI is InChI=1S/C14H24N2O5/c1-4-14(3,12(18)19)15-13(20)16-8-6-7-10(9-16)11(17)21-5-2/h10H,4-9H2,1-3H3,(H,15,20)(H,18,19). The molecule has 1 aliphatic heterocycles. The Kier molecular flexibility index (Phi) is 5.99. The number of likely N-dealkylation sites (tertiary alicyclic amines) is 1. The predicted octanol–water partition coefficient (Wildman–Crippen LogP) is 1.22. The first-order valence-corrected chi connectivity index (χ1v) is 7.31. The van der Waals surface area contributed by atoms with Crippen molar-refractivity contribution in [2.45, 2.75) is 45.6 Å². The zero-order valence-corrected chi connectivity index (χ0v) is 12.8. The fourth-order valence-electron chi connectivity index (χ4n) is 2.22. The first kappa shape index (κ1) is 17.3. The summed E-state index contributed by atoms with van der Waals surface area (Å²) in [4.78, 5) is 36.7. The number of carboxylic acids is 1. The number of nitrogens with zero attached hydrogens (tertiary/aromatic N) is 1. The maximum Gasteiger partial charge on any atom is 0.329 e. The highest BCUT2D eigenvalue weighted by atomic mass is 16.5. The molecule has 7 nitrogen and oxygen atoms in total. The smallest absolute Gasteiger partial charge is 0.329 e. The van der Waals surface area contributed by atoms with Gasteiger partial charge in [0.2, 0.25) is 0 Å². The first-order valence-electron chi connectivity index (χ1n) is 7.31. The van der Waals surface area contributed by atoms with Crippen LogP contribution in [-0.4, -0.2) is 53.2 Å². The summed E-state index contributed by atoms with van der Waals surface area (Å²) in [6.45, 7) is 6.01. The summed E-state index contributed by atoms with van der Waals surface area (Å²) < 4.78 is 4.98. The number of ether oxygens (including phenoxy) is 1. The Bertz CT molecular complexity index is 412. The van der Waals surface area contributed by atoms with Crippen LogP contribution < -0.4 is 5.32 Å². The average molecular weight is 300 g/mol. The topological polar surface area (TPSA) is 95.9 Å². The fraction of sp³-hybridized carbons (Fsp3) is 0.786. The van der Waals surface area contributed by atoms with Crippen molar-refractivity contribution in [2.24, 2.45) is 5.92 Å². The Balaban J connectivity index is 2.66. The molecule has 0 aromatic carbocycles. The van der Waals surface area contributed by atoms with Crippen LogP contribution in [0.3, 0.4) is 0 Å². The lowest BCUT2D eigenvalue weighted by molar-refractivity contribution is -0.149. The molecule has 1 saturated heterocycles. The van der Waals surface area contributed by atoms with Gasteiger partial charge in [-0.15, -0.1) is 0 Å². The number of carbonyl (C=O) groups excluding carboxylic acids is 2. The number of carbonyl (C=O) groups is 3. The Morgan fingerprint density at radius 3 is 2.57 bits per heavy atom. The molecular weight excluding hydrogens is 276 g/mol. The highest BCUT2D eigenvalue weighted by Crippen LogP contribution is 2.19. The lowest BCUT2D eigenvalue weighted by Crippen LogP contribution is -2.57. The van der Waals surface area contributed by atoms with Gasteiger partial charge in [-0.3, -0.25) is 4.79 Å². The highest BCUT2D eigenvalue weighted by molar-refractivity contribution is 5.86. The molecule has 21 heavy (non-hydrogen) atoms. The maximum atomic E-state index is 12.2. The van der Waals surface area contributed by atoms with E-state index in [0.717, 1.165) is 0 Å². The van der Waals surface area contributed by atoms with E-state index in [-0.39, 0.29) is 24.9 Å². The van der Waals surface area contributed by atoms with E-state index in [2.05, 4.69) is 5.32 Å². The molecule has 0 aliphatic carbocycles. The minimum absolute atomic E-state index is 0.268. The molecule has 2 amide bonds. The van der Waals surface area contributed by atoms with Crippen molar-refractivity contribution in [2.75, 3.05) is 19.7 Å². The lowest BCUT2D eigenvalue weighted by atomic mass is 9.97. The van der Waals surface area contributed by atoms with Crippen molar-refractivity contribution in [3.63, 3.8) is 0 Å². The molecule has 7 heteroatoms. The van der Waals surface area contributed by atoms with Crippen LogP contribution >= 0.6 is 0 Å². The molecule has 1 heterocycles. The number of rotatable bonds is 5. The third kappa shape index (κ3) is 4.34. The zero-order valence-electron chi connectivity index (χ0n) is 12.8. The molecule has 0 radical (unpaired) electrons. The molecule has 0 aromatic heterocycles. The predicted molar refractivity (Wildman–Crippen MR) is 75.8 cm³/mol. The largest absolute Gasteiger partial charge is 0.480 e. The second-order valence-electron chi connectivity index (χ2n) is 5.46. The molecule has 2 unspecified atom stereocenters. The highest BCUT2D eigenvalue weighted by Gasteiger charge is 2.36. The van der Waals surface area contributed by atoms with Crippen molar-refractivity contribution in [3.05, 3.63) is 0 Å². The van der Waals surface area contributed by atoms with Crippen molar-refractivity contribution < 1.29 is 24.2 Å². The van der Waals surface area contributed by atoms with Gasteiger partial charge in [-0.05, 0) is 33.1 Å². The third-order valence-corrected chi connectivity index (χ3v) is 3.89. The third-order valence-electron chi connectivity index (χ3n) is 3.89. The van der Waals surface area contributed by atoms with Gasteiger partial charge in [0.1, 0.15) is 5.54 Å². The Morgan fingerprint density at radius 1 is 1.38 bits per heavy atom. The van der Waals surface area contributed by atoms with Crippen LogP contribution in [0.1, 0.15) is 40.0 Å². The van der Waals surface area contributed by atoms with E-state index in [4.69, 9.17) is 4.74 Å². The van der Waals surface area contributed by atoms with Gasteiger partial charge >= 0.3 is 18.0 Å². The summed E-state index contributed by atoms with van der Waals surface area (Å²) in [7, 11) is 0. The Hall–Kier alpha value is -1.79. The van der Waals surface area contributed by atoms with Crippen LogP contribution in [0.4, 0.5) is 4.79 Å². The molecule has 0 bridgehead atoms. The summed E-state index contributed by atoms with van der Waals surface area (Å²) >= 11 is 0. The van der Waals surface area contributed by atoms with Crippen LogP contribution in [0.25, 0.3) is 0 Å². The first-order chi connectivity index (χ1) is 9.84. The van der Waals surface area contributed by atoms with Gasteiger partial charge in [0.15, 0.2) is 0 Å². The van der Waals surface area contributed by atoms with Gasteiger partial charge in [0.05, 0.1) is 12.5 Å². The molecule has 0 aromatic rings. The van der Waals surface area contributed by atoms with Crippen molar-refractivity contribution in [1.29, 1.82) is 0 Å². The number of urea groups is 1. The molecule has 0 saturated carbocycles. The number of hydrogen-bond acceptors (Lipinski definition) is 4. The van der Waals surface area contributed by atoms with Crippen molar-refractivity contribution >= 4 is 18.0 Å². The monoisotopic (exact) mass is 300 g/mol. The number of hydrogen-bond donors (Lipinski definition) is 2. The van der Waals surface area contributed by atoms with Gasteiger partial charge < -0.3 is 20.1 Å². The second kappa shape index (κ2) is 7.28. The van der Waals surface area contributed by atoms with Crippen molar-refractivity contribution in [3.8, 4) is 0 Å². The summed E-state index contributed by atoms with van der Waals surface area (Å²) in [6.07, 6.45) is 1.67. The van der Waals surface area contributed by atoms with E-state index in [1.54, 1.807) is 13.8 Å². The summed E-state index contributed by atoms with van der Waals surface area (Å²) in [5, 5.41) is 11.7. The van der Waals surface area contributed by atoms with Crippen molar-refractivity contribution in [1.82, 2.24) is 10.2 Å². The molecule has 0 spiro atoms. The normalized spacial score (nSPS) is 21.3. The van der Waals surface area contributed by atoms with E-state index >= 15 is 0 Å². The minimum Gasteiger partial charge on any atom is -0.480 e. The number of carboxylic acid groups (broad SMARTS) is 1. The fourth-order valence-corrected chi connectivity index (χ4v) is 2.22. The van der Waals surface area contributed by atoms with E-state index in [9.17, 15) is 19.5 Å². The van der Waals surface area contributed by atoms with E-state index in [0.29, 0.717) is 26.0 Å². The maximum absolute atomic E-state index is 12.2. The van der Waals surface area contributed by atoms with Gasteiger partial charge in [-0.1, -0.05) is 6.92 Å².